The summed E-state index contributed by atoms with van der Waals surface area (Å²) < 4.78 is 0. The van der Waals surface area contributed by atoms with E-state index in [2.05, 4.69) is 10.6 Å². The summed E-state index contributed by atoms with van der Waals surface area (Å²) in [6.45, 7) is 3.00. The number of carbonyl (C=O) groups excluding carboxylic acids is 2. The smallest absolute Gasteiger partial charge is 0.326 e. The molecule has 0 aliphatic rings. The van der Waals surface area contributed by atoms with E-state index in [0.717, 1.165) is 16.3 Å². The highest BCUT2D eigenvalue weighted by Gasteiger charge is 2.30. The Bertz CT molecular complexity index is 901. The second-order valence-corrected chi connectivity index (χ2v) is 7.45. The van der Waals surface area contributed by atoms with Crippen LogP contribution >= 0.6 is 0 Å². The van der Waals surface area contributed by atoms with Crippen LogP contribution in [0.25, 0.3) is 10.8 Å². The zero-order valence-electron chi connectivity index (χ0n) is 17.2. The molecule has 6 N–H and O–H groups in total. The molecule has 162 valence electrons. The van der Waals surface area contributed by atoms with Crippen LogP contribution in [0.3, 0.4) is 0 Å². The molecule has 0 radical (unpaired) electrons. The molecule has 0 bridgehead atoms. The highest BCUT2D eigenvalue weighted by Crippen LogP contribution is 2.17. The standard InChI is InChI=1S/C22H29N3O5/c1-3-13(2)19(22(29)30)25-21(28)18(24-20(27)17(23)12-26)11-14-8-9-15-6-4-5-7-16(15)10-14/h4-10,13,17-19,26H,3,11-12,23H2,1-2H3,(H,24,27)(H,25,28)(H,29,30)/t13-,17-,18?,19-/m0/s1. The van der Waals surface area contributed by atoms with Gasteiger partial charge in [0.25, 0.3) is 0 Å². The Kier molecular flexibility index (Phi) is 8.32. The first-order chi connectivity index (χ1) is 14.3. The van der Waals surface area contributed by atoms with Crippen molar-refractivity contribution in [3.05, 3.63) is 48.0 Å². The lowest BCUT2D eigenvalue weighted by atomic mass is 9.97. The van der Waals surface area contributed by atoms with Gasteiger partial charge in [0.2, 0.25) is 11.8 Å². The van der Waals surface area contributed by atoms with Crippen molar-refractivity contribution in [2.45, 2.75) is 44.8 Å². The third kappa shape index (κ3) is 6.01. The molecule has 2 aromatic carbocycles. The monoisotopic (exact) mass is 415 g/mol. The predicted molar refractivity (Wildman–Crippen MR) is 114 cm³/mol. The van der Waals surface area contributed by atoms with Gasteiger partial charge < -0.3 is 26.6 Å². The van der Waals surface area contributed by atoms with Crippen molar-refractivity contribution in [2.24, 2.45) is 11.7 Å². The van der Waals surface area contributed by atoms with Crippen molar-refractivity contribution in [3.63, 3.8) is 0 Å². The van der Waals surface area contributed by atoms with E-state index in [1.165, 1.54) is 0 Å². The molecule has 2 rings (SSSR count). The van der Waals surface area contributed by atoms with Crippen LogP contribution in [0.1, 0.15) is 25.8 Å². The van der Waals surface area contributed by atoms with Crippen LogP contribution in [0.15, 0.2) is 42.5 Å². The van der Waals surface area contributed by atoms with Crippen molar-refractivity contribution in [3.8, 4) is 0 Å². The first-order valence-corrected chi connectivity index (χ1v) is 9.94. The highest BCUT2D eigenvalue weighted by molar-refractivity contribution is 5.92. The molecule has 1 unspecified atom stereocenters. The van der Waals surface area contributed by atoms with Gasteiger partial charge in [-0.25, -0.2) is 4.79 Å². The van der Waals surface area contributed by atoms with Gasteiger partial charge in [0.05, 0.1) is 6.61 Å². The molecule has 0 aromatic heterocycles. The van der Waals surface area contributed by atoms with E-state index in [0.29, 0.717) is 6.42 Å². The third-order valence-corrected chi connectivity index (χ3v) is 5.20. The minimum Gasteiger partial charge on any atom is -0.480 e. The van der Waals surface area contributed by atoms with Gasteiger partial charge in [0.1, 0.15) is 18.1 Å². The van der Waals surface area contributed by atoms with Crippen molar-refractivity contribution in [2.75, 3.05) is 6.61 Å². The lowest BCUT2D eigenvalue weighted by molar-refractivity contribution is -0.143. The summed E-state index contributed by atoms with van der Waals surface area (Å²) >= 11 is 0. The summed E-state index contributed by atoms with van der Waals surface area (Å²) in [7, 11) is 0. The summed E-state index contributed by atoms with van der Waals surface area (Å²) in [6, 6.07) is 10.1. The SMILES string of the molecule is CC[C@H](C)[C@H](NC(=O)C(Cc1ccc2ccccc2c1)NC(=O)[C@@H](N)CO)C(=O)O. The lowest BCUT2D eigenvalue weighted by Gasteiger charge is -2.25. The summed E-state index contributed by atoms with van der Waals surface area (Å²) in [5.74, 6) is -2.73. The van der Waals surface area contributed by atoms with Crippen molar-refractivity contribution >= 4 is 28.6 Å². The van der Waals surface area contributed by atoms with E-state index in [1.54, 1.807) is 6.92 Å². The number of carboxylic acids is 1. The van der Waals surface area contributed by atoms with Gasteiger partial charge in [-0.1, -0.05) is 62.7 Å². The first-order valence-electron chi connectivity index (χ1n) is 9.94. The van der Waals surface area contributed by atoms with Gasteiger partial charge in [0.15, 0.2) is 0 Å². The molecule has 0 aliphatic carbocycles. The van der Waals surface area contributed by atoms with E-state index in [-0.39, 0.29) is 12.3 Å². The Labute approximate surface area is 175 Å². The lowest BCUT2D eigenvalue weighted by Crippen LogP contribution is -2.56. The van der Waals surface area contributed by atoms with Crippen LogP contribution in [0.2, 0.25) is 0 Å². The predicted octanol–water partition coefficient (Wildman–Crippen LogP) is 0.802. The quantitative estimate of drug-likeness (QED) is 0.389. The van der Waals surface area contributed by atoms with Gasteiger partial charge in [-0.05, 0) is 22.3 Å². The zero-order chi connectivity index (χ0) is 22.3. The molecule has 0 spiro atoms. The van der Waals surface area contributed by atoms with Crippen molar-refractivity contribution in [1.29, 1.82) is 0 Å². The zero-order valence-corrected chi connectivity index (χ0v) is 17.2. The number of carboxylic acid groups (broad SMARTS) is 1. The van der Waals surface area contributed by atoms with Crippen LogP contribution in [0.5, 0.6) is 0 Å². The molecule has 0 saturated carbocycles. The van der Waals surface area contributed by atoms with Crippen LogP contribution in [0, 0.1) is 5.92 Å². The molecule has 0 saturated heterocycles. The maximum absolute atomic E-state index is 12.9. The van der Waals surface area contributed by atoms with Crippen LogP contribution < -0.4 is 16.4 Å². The van der Waals surface area contributed by atoms with Crippen molar-refractivity contribution < 1.29 is 24.6 Å². The number of nitrogens with one attached hydrogen (secondary N) is 2. The van der Waals surface area contributed by atoms with Crippen LogP contribution in [-0.4, -0.2) is 52.7 Å². The number of benzene rings is 2. The van der Waals surface area contributed by atoms with E-state index >= 15 is 0 Å². The van der Waals surface area contributed by atoms with Gasteiger partial charge >= 0.3 is 5.97 Å². The Morgan fingerprint density at radius 1 is 1.03 bits per heavy atom. The Hall–Kier alpha value is -2.97. The molecule has 30 heavy (non-hydrogen) atoms. The largest absolute Gasteiger partial charge is 0.480 e. The average Bonchev–Trinajstić information content (AvgIpc) is 2.75. The number of amides is 2. The minimum atomic E-state index is -1.18. The van der Waals surface area contributed by atoms with Gasteiger partial charge in [-0.3, -0.25) is 9.59 Å². The fourth-order valence-electron chi connectivity index (χ4n) is 3.11. The number of rotatable bonds is 10. The molecular weight excluding hydrogens is 386 g/mol. The number of aliphatic hydroxyl groups is 1. The van der Waals surface area contributed by atoms with Crippen LogP contribution in [-0.2, 0) is 20.8 Å². The molecule has 0 heterocycles. The van der Waals surface area contributed by atoms with E-state index < -0.39 is 42.5 Å². The Balaban J connectivity index is 2.26. The Morgan fingerprint density at radius 2 is 1.70 bits per heavy atom. The summed E-state index contributed by atoms with van der Waals surface area (Å²) in [5, 5.41) is 25.7. The molecular formula is C22H29N3O5. The summed E-state index contributed by atoms with van der Waals surface area (Å²) in [5.41, 5.74) is 6.36. The first kappa shape index (κ1) is 23.3. The van der Waals surface area contributed by atoms with Crippen molar-refractivity contribution in [1.82, 2.24) is 10.6 Å². The van der Waals surface area contributed by atoms with Gasteiger partial charge in [-0.15, -0.1) is 0 Å². The number of fused-ring (bicyclic) bond motifs is 1. The summed E-state index contributed by atoms with van der Waals surface area (Å²) in [4.78, 5) is 36.7. The number of carbonyl (C=O) groups is 3. The average molecular weight is 415 g/mol. The van der Waals surface area contributed by atoms with Crippen LogP contribution in [0.4, 0.5) is 0 Å². The molecule has 0 aliphatic heterocycles. The molecule has 0 fully saturated rings. The molecule has 8 heteroatoms. The highest BCUT2D eigenvalue weighted by atomic mass is 16.4. The van der Waals surface area contributed by atoms with Gasteiger partial charge in [-0.2, -0.15) is 0 Å². The number of hydrogen-bond acceptors (Lipinski definition) is 5. The molecule has 2 aromatic rings. The Morgan fingerprint density at radius 3 is 2.30 bits per heavy atom. The fraction of sp³-hybridized carbons (Fsp3) is 0.409. The third-order valence-electron chi connectivity index (χ3n) is 5.20. The maximum atomic E-state index is 12.9. The topological polar surface area (TPSA) is 142 Å². The molecule has 4 atom stereocenters. The second kappa shape index (κ2) is 10.7. The normalized spacial score (nSPS) is 15.1. The minimum absolute atomic E-state index is 0.146. The number of aliphatic hydroxyl groups excluding tert-OH is 1. The van der Waals surface area contributed by atoms with Gasteiger partial charge in [0, 0.05) is 6.42 Å². The van der Waals surface area contributed by atoms with E-state index in [4.69, 9.17) is 10.8 Å². The summed E-state index contributed by atoms with van der Waals surface area (Å²) in [6.07, 6.45) is 0.710. The van der Waals surface area contributed by atoms with E-state index in [1.807, 2.05) is 49.4 Å². The number of hydrogen-bond donors (Lipinski definition) is 5. The fourth-order valence-corrected chi connectivity index (χ4v) is 3.11. The molecule has 2 amide bonds. The molecule has 8 nitrogen and oxygen atoms in total. The number of aliphatic carboxylic acids is 1. The van der Waals surface area contributed by atoms with E-state index in [9.17, 15) is 19.5 Å². The number of nitrogens with two attached hydrogens (primary N) is 1. The second-order valence-electron chi connectivity index (χ2n) is 7.45. The maximum Gasteiger partial charge on any atom is 0.326 e.